The van der Waals surface area contributed by atoms with Gasteiger partial charge in [0.25, 0.3) is 0 Å². The van der Waals surface area contributed by atoms with E-state index >= 15 is 0 Å². The first kappa shape index (κ1) is 20.4. The number of ether oxygens (including phenoxy) is 4. The number of methoxy groups -OCH3 is 2. The van der Waals surface area contributed by atoms with Gasteiger partial charge in [0.05, 0.1) is 25.0 Å². The van der Waals surface area contributed by atoms with E-state index in [1.807, 2.05) is 66.7 Å². The van der Waals surface area contributed by atoms with Crippen LogP contribution in [-0.4, -0.2) is 26.7 Å². The Bertz CT molecular complexity index is 1140. The first-order valence-electron chi connectivity index (χ1n) is 9.44. The van der Waals surface area contributed by atoms with Crippen LogP contribution in [0.1, 0.15) is 0 Å². The quantitative estimate of drug-likeness (QED) is 0.276. The van der Waals surface area contributed by atoms with Crippen molar-refractivity contribution in [2.45, 2.75) is 0 Å². The van der Waals surface area contributed by atoms with Gasteiger partial charge in [0.1, 0.15) is 29.6 Å². The molecule has 0 aliphatic rings. The molecule has 0 radical (unpaired) electrons. The van der Waals surface area contributed by atoms with Gasteiger partial charge in [0, 0.05) is 15.6 Å². The molecule has 4 aromatic rings. The summed E-state index contributed by atoms with van der Waals surface area (Å²) in [6.45, 7) is 0.469. The lowest BCUT2D eigenvalue weighted by molar-refractivity contribution is 0.342. The Morgan fingerprint density at radius 2 is 1.57 bits per heavy atom. The zero-order valence-corrected chi connectivity index (χ0v) is 18.3. The van der Waals surface area contributed by atoms with E-state index in [9.17, 15) is 0 Å². The molecule has 4 rings (SSSR count). The minimum atomic E-state index is 0.449. The lowest BCUT2D eigenvalue weighted by Gasteiger charge is -2.11. The number of thiophene rings is 1. The van der Waals surface area contributed by atoms with Gasteiger partial charge >= 0.3 is 0 Å². The van der Waals surface area contributed by atoms with Gasteiger partial charge in [-0.1, -0.05) is 12.1 Å². The molecule has 0 bridgehead atoms. The Morgan fingerprint density at radius 1 is 0.833 bits per heavy atom. The van der Waals surface area contributed by atoms with Gasteiger partial charge in [-0.15, -0.1) is 22.9 Å². The topological polar surface area (TPSA) is 36.9 Å². The van der Waals surface area contributed by atoms with Crippen LogP contribution >= 0.6 is 22.9 Å². The highest BCUT2D eigenvalue weighted by molar-refractivity contribution is 7.22. The number of hydrogen-bond donors (Lipinski definition) is 0. The van der Waals surface area contributed by atoms with Crippen molar-refractivity contribution in [3.63, 3.8) is 0 Å². The molecule has 0 aliphatic carbocycles. The summed E-state index contributed by atoms with van der Waals surface area (Å²) in [4.78, 5) is 0.998. The molecule has 0 unspecified atom stereocenters. The molecule has 0 spiro atoms. The second kappa shape index (κ2) is 9.28. The monoisotopic (exact) mass is 440 g/mol. The van der Waals surface area contributed by atoms with E-state index in [0.29, 0.717) is 12.5 Å². The largest absolute Gasteiger partial charge is 0.497 e. The van der Waals surface area contributed by atoms with Crippen molar-refractivity contribution in [1.82, 2.24) is 0 Å². The van der Waals surface area contributed by atoms with Gasteiger partial charge in [-0.3, -0.25) is 0 Å². The van der Waals surface area contributed by atoms with Gasteiger partial charge in [0.2, 0.25) is 0 Å². The molecule has 0 fully saturated rings. The molecule has 6 heteroatoms. The number of fused-ring (bicyclic) bond motifs is 1. The molecule has 0 amide bonds. The van der Waals surface area contributed by atoms with Crippen LogP contribution in [-0.2, 0) is 0 Å². The Kier molecular flexibility index (Phi) is 6.31. The summed E-state index contributed by atoms with van der Waals surface area (Å²) in [7, 11) is 3.34. The molecule has 4 nitrogen and oxygen atoms in total. The summed E-state index contributed by atoms with van der Waals surface area (Å²) in [6.07, 6.45) is 0. The number of alkyl halides is 1. The zero-order chi connectivity index (χ0) is 20.9. The fraction of sp³-hybridized carbons (Fsp3) is 0.167. The zero-order valence-electron chi connectivity index (χ0n) is 16.7. The summed E-state index contributed by atoms with van der Waals surface area (Å²) in [5, 5.41) is 1.02. The first-order chi connectivity index (χ1) is 14.7. The summed E-state index contributed by atoms with van der Waals surface area (Å²) in [5.74, 6) is 4.32. The van der Waals surface area contributed by atoms with Gasteiger partial charge < -0.3 is 18.9 Å². The molecule has 1 heterocycles. The van der Waals surface area contributed by atoms with Crippen molar-refractivity contribution in [1.29, 1.82) is 0 Å². The summed E-state index contributed by atoms with van der Waals surface area (Å²) in [5.41, 5.74) is 0.984. The van der Waals surface area contributed by atoms with Crippen LogP contribution < -0.4 is 18.9 Å². The summed E-state index contributed by atoms with van der Waals surface area (Å²) >= 11 is 7.33. The Hall–Kier alpha value is -2.89. The summed E-state index contributed by atoms with van der Waals surface area (Å²) in [6, 6.07) is 21.5. The maximum atomic E-state index is 6.38. The Labute approximate surface area is 184 Å². The van der Waals surface area contributed by atoms with Crippen LogP contribution in [0.3, 0.4) is 0 Å². The predicted octanol–water partition coefficient (Wildman–Crippen LogP) is 7.00. The van der Waals surface area contributed by atoms with Gasteiger partial charge in [-0.2, -0.15) is 0 Å². The molecule has 154 valence electrons. The second-order valence-corrected chi connectivity index (χ2v) is 7.86. The van der Waals surface area contributed by atoms with E-state index in [1.54, 1.807) is 25.6 Å². The minimum Gasteiger partial charge on any atom is -0.497 e. The van der Waals surface area contributed by atoms with Crippen LogP contribution in [0.25, 0.3) is 20.5 Å². The second-order valence-electron chi connectivity index (χ2n) is 6.43. The number of rotatable bonds is 8. The fourth-order valence-electron chi connectivity index (χ4n) is 3.17. The Morgan fingerprint density at radius 3 is 2.30 bits per heavy atom. The number of benzene rings is 3. The third kappa shape index (κ3) is 4.18. The first-order valence-corrected chi connectivity index (χ1v) is 10.8. The lowest BCUT2D eigenvalue weighted by Crippen LogP contribution is -1.97. The maximum Gasteiger partial charge on any atom is 0.154 e. The molecule has 0 atom stereocenters. The standard InChI is InChI=1S/C24H21ClO4S/c1-26-18-11-12-20-22(15-18)30-24(19-5-3-4-6-21(19)27-2)23(20)29-17-9-7-16(8-10-17)28-14-13-25/h3-12,15H,13-14H2,1-2H3. The van der Waals surface area contributed by atoms with Crippen LogP contribution in [0.4, 0.5) is 0 Å². The van der Waals surface area contributed by atoms with E-state index in [-0.39, 0.29) is 0 Å². The fourth-order valence-corrected chi connectivity index (χ4v) is 4.44. The SMILES string of the molecule is COc1ccc2c(Oc3ccc(OCCCl)cc3)c(-c3ccccc3OC)sc2c1. The molecule has 3 aromatic carbocycles. The van der Waals surface area contributed by atoms with Crippen LogP contribution in [0.5, 0.6) is 28.7 Å². The number of hydrogen-bond acceptors (Lipinski definition) is 5. The summed E-state index contributed by atoms with van der Waals surface area (Å²) < 4.78 is 24.0. The molecule has 0 saturated carbocycles. The third-order valence-corrected chi connectivity index (χ3v) is 5.91. The van der Waals surface area contributed by atoms with Crippen LogP contribution in [0.2, 0.25) is 0 Å². The third-order valence-electron chi connectivity index (χ3n) is 4.59. The maximum absolute atomic E-state index is 6.38. The van der Waals surface area contributed by atoms with Crippen molar-refractivity contribution < 1.29 is 18.9 Å². The van der Waals surface area contributed by atoms with Crippen molar-refractivity contribution in [2.75, 3.05) is 26.7 Å². The van der Waals surface area contributed by atoms with Crippen LogP contribution in [0, 0.1) is 0 Å². The van der Waals surface area contributed by atoms with Crippen molar-refractivity contribution in [2.24, 2.45) is 0 Å². The van der Waals surface area contributed by atoms with Crippen molar-refractivity contribution in [3.8, 4) is 39.2 Å². The Balaban J connectivity index is 1.78. The highest BCUT2D eigenvalue weighted by Crippen LogP contribution is 2.49. The number of para-hydroxylation sites is 1. The van der Waals surface area contributed by atoms with Crippen molar-refractivity contribution >= 4 is 33.0 Å². The van der Waals surface area contributed by atoms with E-state index in [0.717, 1.165) is 49.3 Å². The molecule has 30 heavy (non-hydrogen) atoms. The molecule has 0 aliphatic heterocycles. The van der Waals surface area contributed by atoms with E-state index < -0.39 is 0 Å². The molecule has 0 saturated heterocycles. The highest BCUT2D eigenvalue weighted by Gasteiger charge is 2.19. The number of halogens is 1. The minimum absolute atomic E-state index is 0.449. The van der Waals surface area contributed by atoms with E-state index in [1.165, 1.54) is 0 Å². The average Bonchev–Trinajstić information content (AvgIpc) is 3.15. The molecule has 0 N–H and O–H groups in total. The van der Waals surface area contributed by atoms with E-state index in [4.69, 9.17) is 30.5 Å². The molecular weight excluding hydrogens is 420 g/mol. The van der Waals surface area contributed by atoms with Gasteiger partial charge in [-0.25, -0.2) is 0 Å². The molecule has 1 aromatic heterocycles. The van der Waals surface area contributed by atoms with Crippen molar-refractivity contribution in [3.05, 3.63) is 66.7 Å². The van der Waals surface area contributed by atoms with Gasteiger partial charge in [-0.05, 0) is 54.6 Å². The predicted molar refractivity (Wildman–Crippen MR) is 123 cm³/mol. The van der Waals surface area contributed by atoms with Crippen LogP contribution in [0.15, 0.2) is 66.7 Å². The normalized spacial score (nSPS) is 10.8. The average molecular weight is 441 g/mol. The van der Waals surface area contributed by atoms with Gasteiger partial charge in [0.15, 0.2) is 5.75 Å². The highest BCUT2D eigenvalue weighted by atomic mass is 35.5. The van der Waals surface area contributed by atoms with E-state index in [2.05, 4.69) is 0 Å². The lowest BCUT2D eigenvalue weighted by atomic mass is 10.1. The molecular formula is C24H21ClO4S. The smallest absolute Gasteiger partial charge is 0.154 e.